The molecule has 0 heterocycles. The van der Waals surface area contributed by atoms with Gasteiger partial charge in [-0.15, -0.1) is 0 Å². The maximum absolute atomic E-state index is 7.46. The number of hydrogen-bond acceptors (Lipinski definition) is 0. The van der Waals surface area contributed by atoms with Crippen molar-refractivity contribution in [2.45, 2.75) is 3.78 Å². The van der Waals surface area contributed by atoms with Crippen LogP contribution in [-0.2, 0) is 0 Å². The number of benzene rings is 4. The smallest absolute Gasteiger partial charge is 0.0960 e. The van der Waals surface area contributed by atoms with Crippen LogP contribution in [0.1, 0.15) is 22.3 Å². The fourth-order valence-electron chi connectivity index (χ4n) is 4.34. The van der Waals surface area contributed by atoms with Crippen molar-refractivity contribution >= 4 is 49.8 Å². The van der Waals surface area contributed by atoms with Crippen molar-refractivity contribution in [3.05, 3.63) is 144 Å². The second-order valence-corrected chi connectivity index (χ2v) is 9.75. The fraction of sp³-hybridized carbons (Fsp3) is 0.0345. The zero-order valence-corrected chi connectivity index (χ0v) is 19.1. The average molecular weight is 484 g/mol. The number of allylic oxidation sites excluding steroid dienone is 4. The van der Waals surface area contributed by atoms with Gasteiger partial charge in [0.2, 0.25) is 0 Å². The van der Waals surface area contributed by atoms with Crippen LogP contribution in [0.4, 0.5) is 0 Å². The molecule has 4 aromatic rings. The summed E-state index contributed by atoms with van der Waals surface area (Å²) < 4.78 is -0.869. The summed E-state index contributed by atoms with van der Waals surface area (Å²) in [6.45, 7) is 0. The van der Waals surface area contributed by atoms with Gasteiger partial charge in [0.05, 0.1) is 0 Å². The summed E-state index contributed by atoms with van der Waals surface area (Å²) in [5.41, 5.74) is 8.95. The molecule has 0 spiro atoms. The maximum atomic E-state index is 7.46. The lowest BCUT2D eigenvalue weighted by Gasteiger charge is -2.24. The van der Waals surface area contributed by atoms with Crippen LogP contribution in [-0.4, -0.2) is 3.78 Å². The highest BCUT2D eigenvalue weighted by atomic mass is 79.9. The molecular formula is C29H20BrCl. The molecule has 0 aliphatic heterocycles. The third-order valence-corrected chi connectivity index (χ3v) is 6.80. The number of alkyl halides is 2. The fourth-order valence-corrected chi connectivity index (χ4v) is 5.60. The highest BCUT2D eigenvalue weighted by molar-refractivity contribution is 9.11. The molecule has 0 radical (unpaired) electrons. The maximum Gasteiger partial charge on any atom is 0.151 e. The van der Waals surface area contributed by atoms with E-state index in [4.69, 9.17) is 11.6 Å². The lowest BCUT2D eigenvalue weighted by Crippen LogP contribution is -2.14. The monoisotopic (exact) mass is 482 g/mol. The molecule has 4 aromatic carbocycles. The van der Waals surface area contributed by atoms with Crippen LogP contribution in [0.2, 0.25) is 0 Å². The highest BCUT2D eigenvalue weighted by Crippen LogP contribution is 2.62. The van der Waals surface area contributed by atoms with E-state index in [0.717, 1.165) is 44.5 Å². The summed E-state index contributed by atoms with van der Waals surface area (Å²) in [6, 6.07) is 41.9. The second-order valence-electron chi connectivity index (χ2n) is 7.54. The normalized spacial score (nSPS) is 15.4. The molecule has 0 atom stereocenters. The van der Waals surface area contributed by atoms with E-state index < -0.39 is 3.78 Å². The predicted octanol–water partition coefficient (Wildman–Crippen LogP) is 8.55. The van der Waals surface area contributed by atoms with E-state index >= 15 is 0 Å². The molecular weight excluding hydrogens is 464 g/mol. The first-order valence-corrected chi connectivity index (χ1v) is 11.4. The molecule has 0 aromatic heterocycles. The topological polar surface area (TPSA) is 0 Å². The Bertz CT molecular complexity index is 1150. The van der Waals surface area contributed by atoms with Crippen LogP contribution < -0.4 is 0 Å². The Hall–Kier alpha value is -2.87. The molecule has 0 nitrogen and oxygen atoms in total. The van der Waals surface area contributed by atoms with Crippen molar-refractivity contribution in [3.8, 4) is 0 Å². The van der Waals surface area contributed by atoms with E-state index in [9.17, 15) is 0 Å². The average Bonchev–Trinajstić information content (AvgIpc) is 3.08. The highest BCUT2D eigenvalue weighted by Gasteiger charge is 2.45. The van der Waals surface area contributed by atoms with Gasteiger partial charge in [-0.1, -0.05) is 149 Å². The number of halogens is 2. The van der Waals surface area contributed by atoms with Gasteiger partial charge in [-0.25, -0.2) is 0 Å². The molecule has 1 aliphatic carbocycles. The van der Waals surface area contributed by atoms with Crippen LogP contribution in [0.15, 0.2) is 121 Å². The standard InChI is InChI=1S/C29H20BrCl/c30-29(31)27(23-17-9-3-10-18-23)25(21-13-5-1-6-14-21)26(22-15-7-2-8-16-22)28(29)24-19-11-4-12-20-24/h1-20H. The predicted molar refractivity (Wildman–Crippen MR) is 137 cm³/mol. The Morgan fingerprint density at radius 1 is 0.419 bits per heavy atom. The van der Waals surface area contributed by atoms with Crippen LogP contribution in [0.3, 0.4) is 0 Å². The lowest BCUT2D eigenvalue weighted by molar-refractivity contribution is 1.37. The van der Waals surface area contributed by atoms with Crippen LogP contribution in [0.25, 0.3) is 22.3 Å². The van der Waals surface area contributed by atoms with Gasteiger partial charge in [0.15, 0.2) is 3.78 Å². The Labute approximate surface area is 196 Å². The van der Waals surface area contributed by atoms with Gasteiger partial charge in [-0.05, 0) is 33.4 Å². The molecule has 31 heavy (non-hydrogen) atoms. The molecule has 150 valence electrons. The second kappa shape index (κ2) is 8.34. The first kappa shape index (κ1) is 20.1. The van der Waals surface area contributed by atoms with Crippen molar-refractivity contribution in [1.29, 1.82) is 0 Å². The molecule has 5 rings (SSSR count). The molecule has 0 bridgehead atoms. The number of rotatable bonds is 4. The summed E-state index contributed by atoms with van der Waals surface area (Å²) in [5.74, 6) is 0. The van der Waals surface area contributed by atoms with Gasteiger partial charge in [0.1, 0.15) is 0 Å². The van der Waals surface area contributed by atoms with Gasteiger partial charge >= 0.3 is 0 Å². The minimum atomic E-state index is -0.869. The van der Waals surface area contributed by atoms with Gasteiger partial charge in [-0.2, -0.15) is 0 Å². The Balaban J connectivity index is 1.92. The van der Waals surface area contributed by atoms with E-state index in [1.165, 1.54) is 0 Å². The number of hydrogen-bond donors (Lipinski definition) is 0. The van der Waals surface area contributed by atoms with Gasteiger partial charge in [-0.3, -0.25) is 0 Å². The first-order valence-electron chi connectivity index (χ1n) is 10.3. The van der Waals surface area contributed by atoms with Crippen LogP contribution in [0, 0.1) is 0 Å². The molecule has 0 saturated carbocycles. The Morgan fingerprint density at radius 2 is 0.677 bits per heavy atom. The SMILES string of the molecule is ClC1(Br)C(c2ccccc2)=C(c2ccccc2)C(c2ccccc2)=C1c1ccccc1. The quantitative estimate of drug-likeness (QED) is 0.255. The van der Waals surface area contributed by atoms with Gasteiger partial charge in [0, 0.05) is 11.1 Å². The van der Waals surface area contributed by atoms with E-state index in [2.05, 4.69) is 113 Å². The molecule has 2 heteroatoms. The van der Waals surface area contributed by atoms with Crippen LogP contribution >= 0.6 is 27.5 Å². The van der Waals surface area contributed by atoms with E-state index in [-0.39, 0.29) is 0 Å². The molecule has 0 unspecified atom stereocenters. The summed E-state index contributed by atoms with van der Waals surface area (Å²) in [4.78, 5) is 0. The van der Waals surface area contributed by atoms with E-state index in [1.54, 1.807) is 0 Å². The first-order chi connectivity index (χ1) is 15.2. The Kier molecular flexibility index (Phi) is 5.40. The van der Waals surface area contributed by atoms with Gasteiger partial charge < -0.3 is 0 Å². The van der Waals surface area contributed by atoms with Crippen molar-refractivity contribution in [2.75, 3.05) is 0 Å². The third kappa shape index (κ3) is 3.59. The molecule has 1 aliphatic rings. The minimum Gasteiger partial charge on any atom is -0.0960 e. The van der Waals surface area contributed by atoms with Crippen molar-refractivity contribution in [3.63, 3.8) is 0 Å². The molecule has 0 N–H and O–H groups in total. The summed E-state index contributed by atoms with van der Waals surface area (Å²) in [5, 5.41) is 0. The zero-order valence-electron chi connectivity index (χ0n) is 16.8. The van der Waals surface area contributed by atoms with Crippen LogP contribution in [0.5, 0.6) is 0 Å². The van der Waals surface area contributed by atoms with Crippen molar-refractivity contribution in [1.82, 2.24) is 0 Å². The van der Waals surface area contributed by atoms with E-state index in [1.807, 2.05) is 24.3 Å². The summed E-state index contributed by atoms with van der Waals surface area (Å²) >= 11 is 11.4. The summed E-state index contributed by atoms with van der Waals surface area (Å²) in [7, 11) is 0. The van der Waals surface area contributed by atoms with Gasteiger partial charge in [0.25, 0.3) is 0 Å². The molecule has 0 fully saturated rings. The Morgan fingerprint density at radius 3 is 0.968 bits per heavy atom. The van der Waals surface area contributed by atoms with E-state index in [0.29, 0.717) is 0 Å². The molecule has 0 saturated heterocycles. The molecule has 0 amide bonds. The largest absolute Gasteiger partial charge is 0.151 e. The third-order valence-electron chi connectivity index (χ3n) is 5.63. The minimum absolute atomic E-state index is 0.869. The van der Waals surface area contributed by atoms with Crippen molar-refractivity contribution < 1.29 is 0 Å². The van der Waals surface area contributed by atoms with Crippen molar-refractivity contribution in [2.24, 2.45) is 0 Å². The zero-order chi connectivity index (χ0) is 21.3. The lowest BCUT2D eigenvalue weighted by atomic mass is 9.89. The summed E-state index contributed by atoms with van der Waals surface area (Å²) in [6.07, 6.45) is 0.